The van der Waals surface area contributed by atoms with Crippen molar-refractivity contribution in [2.24, 2.45) is 0 Å². The quantitative estimate of drug-likeness (QED) is 0.724. The maximum Gasteiger partial charge on any atom is 0.328 e. The van der Waals surface area contributed by atoms with Crippen LogP contribution in [0.5, 0.6) is 0 Å². The molecule has 0 fully saturated rings. The van der Waals surface area contributed by atoms with Crippen molar-refractivity contribution in [3.05, 3.63) is 35.4 Å². The minimum absolute atomic E-state index is 0.911. The van der Waals surface area contributed by atoms with Crippen molar-refractivity contribution in [2.75, 3.05) is 11.9 Å². The van der Waals surface area contributed by atoms with Crippen molar-refractivity contribution in [3.63, 3.8) is 0 Å². The van der Waals surface area contributed by atoms with E-state index in [2.05, 4.69) is 5.32 Å². The fourth-order valence-corrected chi connectivity index (χ4v) is 1.77. The van der Waals surface area contributed by atoms with Crippen LogP contribution in [0.2, 0.25) is 0 Å². The third-order valence-electron chi connectivity index (χ3n) is 2.49. The van der Waals surface area contributed by atoms with Crippen LogP contribution in [-0.2, 0) is 11.2 Å². The number of carboxylic acid groups (broad SMARTS) is 1. The Bertz CT molecular complexity index is 410. The van der Waals surface area contributed by atoms with Crippen LogP contribution in [0.15, 0.2) is 24.3 Å². The lowest BCUT2D eigenvalue weighted by Crippen LogP contribution is -2.11. The second-order valence-corrected chi connectivity index (χ2v) is 3.62. The Morgan fingerprint density at radius 3 is 3.13 bits per heavy atom. The van der Waals surface area contributed by atoms with E-state index in [1.54, 1.807) is 6.08 Å². The summed E-state index contributed by atoms with van der Waals surface area (Å²) in [7, 11) is 0. The number of hydrogen-bond acceptors (Lipinski definition) is 2. The van der Waals surface area contributed by atoms with E-state index in [9.17, 15) is 4.79 Å². The van der Waals surface area contributed by atoms with Crippen LogP contribution < -0.4 is 5.32 Å². The molecule has 0 bridgehead atoms. The highest BCUT2D eigenvalue weighted by Gasteiger charge is 2.07. The molecule has 3 nitrogen and oxygen atoms in total. The third-order valence-corrected chi connectivity index (χ3v) is 2.49. The van der Waals surface area contributed by atoms with Crippen LogP contribution >= 0.6 is 0 Å². The van der Waals surface area contributed by atoms with Gasteiger partial charge in [0.1, 0.15) is 0 Å². The minimum Gasteiger partial charge on any atom is -0.478 e. The molecule has 0 atom stereocenters. The fourth-order valence-electron chi connectivity index (χ4n) is 1.77. The average Bonchev–Trinajstić information content (AvgIpc) is 2.26. The van der Waals surface area contributed by atoms with E-state index in [0.29, 0.717) is 0 Å². The van der Waals surface area contributed by atoms with Crippen LogP contribution in [0.1, 0.15) is 17.5 Å². The Labute approximate surface area is 88.4 Å². The molecule has 0 amide bonds. The maximum atomic E-state index is 10.4. The number of hydrogen-bond donors (Lipinski definition) is 2. The lowest BCUT2D eigenvalue weighted by atomic mass is 10.0. The van der Waals surface area contributed by atoms with Gasteiger partial charge in [0.25, 0.3) is 0 Å². The van der Waals surface area contributed by atoms with Gasteiger partial charge < -0.3 is 10.4 Å². The lowest BCUT2D eigenvalue weighted by molar-refractivity contribution is -0.131. The molecule has 1 aliphatic rings. The molecule has 2 rings (SSSR count). The van der Waals surface area contributed by atoms with Crippen molar-refractivity contribution in [1.82, 2.24) is 0 Å². The predicted molar refractivity (Wildman–Crippen MR) is 59.9 cm³/mol. The normalized spacial score (nSPS) is 14.7. The Morgan fingerprint density at radius 1 is 1.47 bits per heavy atom. The molecule has 0 radical (unpaired) electrons. The molecule has 0 unspecified atom stereocenters. The van der Waals surface area contributed by atoms with Gasteiger partial charge in [-0.15, -0.1) is 0 Å². The first kappa shape index (κ1) is 9.77. The molecular formula is C12H13NO2. The van der Waals surface area contributed by atoms with E-state index in [1.807, 2.05) is 18.2 Å². The molecule has 1 aromatic carbocycles. The van der Waals surface area contributed by atoms with Crippen LogP contribution in [0.3, 0.4) is 0 Å². The zero-order chi connectivity index (χ0) is 10.7. The van der Waals surface area contributed by atoms with Crippen molar-refractivity contribution in [1.29, 1.82) is 0 Å². The van der Waals surface area contributed by atoms with E-state index in [1.165, 1.54) is 11.3 Å². The summed E-state index contributed by atoms with van der Waals surface area (Å²) < 4.78 is 0. The molecule has 3 heteroatoms. The number of anilines is 1. The Morgan fingerprint density at radius 2 is 2.33 bits per heavy atom. The van der Waals surface area contributed by atoms with E-state index >= 15 is 0 Å². The summed E-state index contributed by atoms with van der Waals surface area (Å²) in [5.41, 5.74) is 3.39. The first-order valence-electron chi connectivity index (χ1n) is 5.03. The van der Waals surface area contributed by atoms with Crippen LogP contribution in [0.4, 0.5) is 5.69 Å². The predicted octanol–water partition coefficient (Wildman–Crippen LogP) is 2.14. The second-order valence-electron chi connectivity index (χ2n) is 3.62. The molecule has 0 spiro atoms. The average molecular weight is 203 g/mol. The molecule has 0 saturated carbocycles. The van der Waals surface area contributed by atoms with Gasteiger partial charge in [-0.05, 0) is 42.2 Å². The molecule has 0 aliphatic carbocycles. The number of nitrogens with one attached hydrogen (secondary N) is 1. The molecule has 1 aliphatic heterocycles. The van der Waals surface area contributed by atoms with Gasteiger partial charge in [-0.1, -0.05) is 6.07 Å². The fraction of sp³-hybridized carbons (Fsp3) is 0.250. The first-order chi connectivity index (χ1) is 7.25. The Kier molecular flexibility index (Phi) is 2.72. The van der Waals surface area contributed by atoms with E-state index < -0.39 is 5.97 Å². The molecule has 0 aromatic heterocycles. The molecule has 2 N–H and O–H groups in total. The highest BCUT2D eigenvalue weighted by atomic mass is 16.4. The summed E-state index contributed by atoms with van der Waals surface area (Å²) in [6, 6.07) is 5.98. The summed E-state index contributed by atoms with van der Waals surface area (Å²) in [4.78, 5) is 10.4. The van der Waals surface area contributed by atoms with Gasteiger partial charge in [0.15, 0.2) is 0 Å². The van der Waals surface area contributed by atoms with E-state index in [4.69, 9.17) is 5.11 Å². The van der Waals surface area contributed by atoms with Gasteiger partial charge in [-0.2, -0.15) is 0 Å². The molecular weight excluding hydrogens is 190 g/mol. The van der Waals surface area contributed by atoms with Crippen molar-refractivity contribution >= 4 is 17.7 Å². The molecule has 0 saturated heterocycles. The first-order valence-corrected chi connectivity index (χ1v) is 5.03. The Hall–Kier alpha value is -1.77. The number of fused-ring (bicyclic) bond motifs is 1. The van der Waals surface area contributed by atoms with Gasteiger partial charge in [0.2, 0.25) is 0 Å². The van der Waals surface area contributed by atoms with Gasteiger partial charge in [0.05, 0.1) is 0 Å². The SMILES string of the molecule is O=C(O)/C=C/c1ccc2c(c1)CCCN2. The molecule has 78 valence electrons. The van der Waals surface area contributed by atoms with Gasteiger partial charge >= 0.3 is 5.97 Å². The molecule has 1 aromatic rings. The van der Waals surface area contributed by atoms with E-state index in [0.717, 1.165) is 31.0 Å². The largest absolute Gasteiger partial charge is 0.478 e. The number of aryl methyl sites for hydroxylation is 1. The zero-order valence-electron chi connectivity index (χ0n) is 8.36. The number of aliphatic carboxylic acids is 1. The number of benzene rings is 1. The Balaban J connectivity index is 2.24. The van der Waals surface area contributed by atoms with Crippen molar-refractivity contribution in [2.45, 2.75) is 12.8 Å². The summed E-state index contributed by atoms with van der Waals surface area (Å²) in [6.07, 6.45) is 4.99. The van der Waals surface area contributed by atoms with Crippen molar-refractivity contribution < 1.29 is 9.90 Å². The van der Waals surface area contributed by atoms with Crippen LogP contribution in [-0.4, -0.2) is 17.6 Å². The van der Waals surface area contributed by atoms with Gasteiger partial charge in [-0.25, -0.2) is 4.79 Å². The standard InChI is InChI=1S/C12H13NO2/c14-12(15)6-4-9-3-5-11-10(8-9)2-1-7-13-11/h3-6,8,13H,1-2,7H2,(H,14,15)/b6-4+. The highest BCUT2D eigenvalue weighted by Crippen LogP contribution is 2.23. The third kappa shape index (κ3) is 2.37. The smallest absolute Gasteiger partial charge is 0.328 e. The van der Waals surface area contributed by atoms with Crippen LogP contribution in [0.25, 0.3) is 6.08 Å². The van der Waals surface area contributed by atoms with E-state index in [-0.39, 0.29) is 0 Å². The van der Waals surface area contributed by atoms with Crippen molar-refractivity contribution in [3.8, 4) is 0 Å². The summed E-state index contributed by atoms with van der Waals surface area (Å²) in [5, 5.41) is 11.8. The summed E-state index contributed by atoms with van der Waals surface area (Å²) >= 11 is 0. The maximum absolute atomic E-state index is 10.4. The monoisotopic (exact) mass is 203 g/mol. The highest BCUT2D eigenvalue weighted by molar-refractivity contribution is 5.85. The number of carbonyl (C=O) groups is 1. The van der Waals surface area contributed by atoms with Gasteiger partial charge in [-0.3, -0.25) is 0 Å². The number of carboxylic acids is 1. The minimum atomic E-state index is -0.911. The topological polar surface area (TPSA) is 49.3 Å². The second kappa shape index (κ2) is 4.17. The number of rotatable bonds is 2. The summed E-state index contributed by atoms with van der Waals surface area (Å²) in [6.45, 7) is 1.03. The molecule has 1 heterocycles. The molecule has 15 heavy (non-hydrogen) atoms. The lowest BCUT2D eigenvalue weighted by Gasteiger charge is -2.17. The summed E-state index contributed by atoms with van der Waals surface area (Å²) in [5.74, 6) is -0.911. The zero-order valence-corrected chi connectivity index (χ0v) is 8.36. The van der Waals surface area contributed by atoms with Gasteiger partial charge in [0, 0.05) is 18.3 Å². The van der Waals surface area contributed by atoms with Crippen LogP contribution in [0, 0.1) is 0 Å².